The third kappa shape index (κ3) is 2.08. The van der Waals surface area contributed by atoms with Crippen molar-refractivity contribution < 1.29 is 0 Å². The average molecular weight is 247 g/mol. The van der Waals surface area contributed by atoms with Crippen LogP contribution in [0.2, 0.25) is 5.02 Å². The molecule has 1 aromatic carbocycles. The molecule has 64 valence electrons. The molecule has 1 unspecified atom stereocenters. The number of hydrogen-bond acceptors (Lipinski definition) is 1. The van der Waals surface area contributed by atoms with Crippen molar-refractivity contribution in [3.63, 3.8) is 0 Å². The van der Waals surface area contributed by atoms with Crippen LogP contribution in [0.15, 0.2) is 22.7 Å². The molecule has 0 amide bonds. The molecule has 1 atom stereocenters. The SMILES string of the molecule is CC(C=N)c1ccc(Br)cc1Cl. The zero-order valence-corrected chi connectivity index (χ0v) is 8.98. The van der Waals surface area contributed by atoms with Gasteiger partial charge < -0.3 is 5.41 Å². The first-order valence-corrected chi connectivity index (χ1v) is 4.77. The predicted molar refractivity (Wildman–Crippen MR) is 56.4 cm³/mol. The number of halogens is 2. The molecule has 0 heterocycles. The van der Waals surface area contributed by atoms with Gasteiger partial charge in [-0.25, -0.2) is 0 Å². The molecule has 1 N–H and O–H groups in total. The van der Waals surface area contributed by atoms with E-state index in [0.29, 0.717) is 5.02 Å². The lowest BCUT2D eigenvalue weighted by molar-refractivity contribution is 1.04. The predicted octanol–water partition coefficient (Wildman–Crippen LogP) is 3.86. The standard InChI is InChI=1S/C9H9BrClN/c1-6(5-12)8-3-2-7(10)4-9(8)11/h2-6,12H,1H3. The molecule has 0 bridgehead atoms. The monoisotopic (exact) mass is 245 g/mol. The first kappa shape index (κ1) is 9.75. The van der Waals surface area contributed by atoms with Gasteiger partial charge in [-0.05, 0) is 17.7 Å². The summed E-state index contributed by atoms with van der Waals surface area (Å²) < 4.78 is 0.966. The van der Waals surface area contributed by atoms with Crippen LogP contribution in [0.5, 0.6) is 0 Å². The first-order valence-electron chi connectivity index (χ1n) is 3.60. The summed E-state index contributed by atoms with van der Waals surface area (Å²) in [5, 5.41) is 7.81. The van der Waals surface area contributed by atoms with Gasteiger partial charge in [-0.3, -0.25) is 0 Å². The van der Waals surface area contributed by atoms with Gasteiger partial charge in [0.2, 0.25) is 0 Å². The number of benzene rings is 1. The van der Waals surface area contributed by atoms with Crippen molar-refractivity contribution in [2.75, 3.05) is 0 Å². The van der Waals surface area contributed by atoms with E-state index in [0.717, 1.165) is 10.0 Å². The van der Waals surface area contributed by atoms with Crippen LogP contribution in [0.25, 0.3) is 0 Å². The normalized spacial score (nSPS) is 12.6. The van der Waals surface area contributed by atoms with Crippen molar-refractivity contribution in [1.82, 2.24) is 0 Å². The zero-order chi connectivity index (χ0) is 9.14. The second-order valence-electron chi connectivity index (χ2n) is 2.62. The van der Waals surface area contributed by atoms with E-state index >= 15 is 0 Å². The molecule has 0 aliphatic rings. The molecule has 0 aliphatic heterocycles. The first-order chi connectivity index (χ1) is 5.65. The van der Waals surface area contributed by atoms with Gasteiger partial charge >= 0.3 is 0 Å². The van der Waals surface area contributed by atoms with E-state index in [1.54, 1.807) is 0 Å². The maximum Gasteiger partial charge on any atom is 0.0455 e. The van der Waals surface area contributed by atoms with Crippen LogP contribution in [-0.4, -0.2) is 6.21 Å². The van der Waals surface area contributed by atoms with Gasteiger partial charge in [-0.1, -0.05) is 40.5 Å². The highest BCUT2D eigenvalue weighted by atomic mass is 79.9. The Kier molecular flexibility index (Phi) is 3.29. The lowest BCUT2D eigenvalue weighted by atomic mass is 10.0. The van der Waals surface area contributed by atoms with Crippen molar-refractivity contribution in [3.05, 3.63) is 33.3 Å². The summed E-state index contributed by atoms with van der Waals surface area (Å²) >= 11 is 9.30. The molecule has 0 spiro atoms. The van der Waals surface area contributed by atoms with Gasteiger partial charge in [0.05, 0.1) is 0 Å². The lowest BCUT2D eigenvalue weighted by Gasteiger charge is -2.07. The van der Waals surface area contributed by atoms with Crippen LogP contribution in [0.3, 0.4) is 0 Å². The maximum absolute atomic E-state index is 7.10. The molecule has 0 saturated heterocycles. The highest BCUT2D eigenvalue weighted by Crippen LogP contribution is 2.26. The Balaban J connectivity index is 3.09. The number of nitrogens with one attached hydrogen (secondary N) is 1. The van der Waals surface area contributed by atoms with Crippen molar-refractivity contribution in [2.45, 2.75) is 12.8 Å². The molecule has 12 heavy (non-hydrogen) atoms. The van der Waals surface area contributed by atoms with Gasteiger partial charge in [0.1, 0.15) is 0 Å². The highest BCUT2D eigenvalue weighted by molar-refractivity contribution is 9.10. The topological polar surface area (TPSA) is 23.9 Å². The minimum absolute atomic E-state index is 0.0885. The summed E-state index contributed by atoms with van der Waals surface area (Å²) in [6.07, 6.45) is 1.38. The van der Waals surface area contributed by atoms with Crippen LogP contribution < -0.4 is 0 Å². The van der Waals surface area contributed by atoms with Crippen LogP contribution in [0.4, 0.5) is 0 Å². The van der Waals surface area contributed by atoms with E-state index in [-0.39, 0.29) is 5.92 Å². The molecule has 0 fully saturated rings. The average Bonchev–Trinajstić information content (AvgIpc) is 2.03. The van der Waals surface area contributed by atoms with E-state index in [9.17, 15) is 0 Å². The molecule has 0 aliphatic carbocycles. The number of hydrogen-bond donors (Lipinski definition) is 1. The Hall–Kier alpha value is -0.340. The van der Waals surface area contributed by atoms with Crippen LogP contribution >= 0.6 is 27.5 Å². The third-order valence-corrected chi connectivity index (χ3v) is 2.52. The molecule has 1 aromatic rings. The van der Waals surface area contributed by atoms with Gasteiger partial charge in [0.25, 0.3) is 0 Å². The largest absolute Gasteiger partial charge is 0.312 e. The second-order valence-corrected chi connectivity index (χ2v) is 3.94. The number of rotatable bonds is 2. The summed E-state index contributed by atoms with van der Waals surface area (Å²) in [7, 11) is 0. The van der Waals surface area contributed by atoms with E-state index < -0.39 is 0 Å². The fourth-order valence-electron chi connectivity index (χ4n) is 0.961. The van der Waals surface area contributed by atoms with Crippen LogP contribution in [0, 0.1) is 5.41 Å². The van der Waals surface area contributed by atoms with E-state index in [1.165, 1.54) is 6.21 Å². The summed E-state index contributed by atoms with van der Waals surface area (Å²) in [6.45, 7) is 1.95. The van der Waals surface area contributed by atoms with Crippen molar-refractivity contribution >= 4 is 33.7 Å². The van der Waals surface area contributed by atoms with E-state index in [4.69, 9.17) is 17.0 Å². The van der Waals surface area contributed by atoms with Gasteiger partial charge in [0.15, 0.2) is 0 Å². The van der Waals surface area contributed by atoms with Crippen molar-refractivity contribution in [1.29, 1.82) is 5.41 Å². The molecule has 3 heteroatoms. The Morgan fingerprint density at radius 3 is 2.75 bits per heavy atom. The van der Waals surface area contributed by atoms with Crippen LogP contribution in [0.1, 0.15) is 18.4 Å². The third-order valence-electron chi connectivity index (χ3n) is 1.70. The Morgan fingerprint density at radius 1 is 1.58 bits per heavy atom. The summed E-state index contributed by atoms with van der Waals surface area (Å²) in [5.74, 6) is 0.0885. The minimum atomic E-state index is 0.0885. The zero-order valence-electron chi connectivity index (χ0n) is 6.64. The van der Waals surface area contributed by atoms with Crippen molar-refractivity contribution in [3.8, 4) is 0 Å². The van der Waals surface area contributed by atoms with Gasteiger partial charge in [-0.15, -0.1) is 0 Å². The lowest BCUT2D eigenvalue weighted by Crippen LogP contribution is -1.94. The Bertz CT molecular complexity index is 299. The maximum atomic E-state index is 7.10. The van der Waals surface area contributed by atoms with Crippen LogP contribution in [-0.2, 0) is 0 Å². The fourth-order valence-corrected chi connectivity index (χ4v) is 1.81. The second kappa shape index (κ2) is 4.06. The van der Waals surface area contributed by atoms with Gasteiger partial charge in [-0.2, -0.15) is 0 Å². The van der Waals surface area contributed by atoms with Crippen molar-refractivity contribution in [2.24, 2.45) is 0 Å². The molecular weight excluding hydrogens is 237 g/mol. The smallest absolute Gasteiger partial charge is 0.0455 e. The molecule has 1 rings (SSSR count). The Labute approximate surface area is 85.4 Å². The minimum Gasteiger partial charge on any atom is -0.312 e. The quantitative estimate of drug-likeness (QED) is 0.766. The summed E-state index contributed by atoms with van der Waals surface area (Å²) in [4.78, 5) is 0. The Morgan fingerprint density at radius 2 is 2.25 bits per heavy atom. The van der Waals surface area contributed by atoms with E-state index in [1.807, 2.05) is 25.1 Å². The van der Waals surface area contributed by atoms with Gasteiger partial charge in [0, 0.05) is 21.6 Å². The highest BCUT2D eigenvalue weighted by Gasteiger charge is 2.06. The summed E-state index contributed by atoms with van der Waals surface area (Å²) in [5.41, 5.74) is 0.995. The molecule has 0 radical (unpaired) electrons. The molecule has 0 aromatic heterocycles. The molecule has 1 nitrogen and oxygen atoms in total. The summed E-state index contributed by atoms with van der Waals surface area (Å²) in [6, 6.07) is 5.71. The molecular formula is C9H9BrClN. The van der Waals surface area contributed by atoms with E-state index in [2.05, 4.69) is 15.9 Å². The fraction of sp³-hybridized carbons (Fsp3) is 0.222. The molecule has 0 saturated carbocycles.